The highest BCUT2D eigenvalue weighted by molar-refractivity contribution is 7.87. The molecule has 1 atom stereocenters. The minimum atomic E-state index is -5.75. The first-order valence-corrected chi connectivity index (χ1v) is 9.40. The van der Waals surface area contributed by atoms with E-state index in [2.05, 4.69) is 9.50 Å². The number of alkyl halides is 3. The van der Waals surface area contributed by atoms with Crippen molar-refractivity contribution in [2.75, 3.05) is 13.2 Å². The molecule has 10 heteroatoms. The van der Waals surface area contributed by atoms with Gasteiger partial charge in [-0.2, -0.15) is 21.6 Å². The van der Waals surface area contributed by atoms with E-state index in [1.165, 1.54) is 0 Å². The fourth-order valence-corrected chi connectivity index (χ4v) is 2.19. The van der Waals surface area contributed by atoms with Crippen molar-refractivity contribution in [2.45, 2.75) is 37.9 Å². The highest BCUT2D eigenvalue weighted by Gasteiger charge is 2.49. The van der Waals surface area contributed by atoms with E-state index in [-0.39, 0.29) is 6.54 Å². The molecule has 0 aliphatic heterocycles. The highest BCUT2D eigenvalue weighted by atomic mass is 32.2. The summed E-state index contributed by atoms with van der Waals surface area (Å²) in [5, 5.41) is 2.51. The lowest BCUT2D eigenvalue weighted by Crippen LogP contribution is -2.31. The Balaban J connectivity index is 2.47. The molecule has 1 rings (SSSR count). The van der Waals surface area contributed by atoms with E-state index in [1.54, 1.807) is 6.92 Å². The predicted octanol–water partition coefficient (Wildman–Crippen LogP) is 2.63. The summed E-state index contributed by atoms with van der Waals surface area (Å²) in [5.41, 5.74) is 1.10. The number of halogens is 3. The molecule has 1 unspecified atom stereocenters. The van der Waals surface area contributed by atoms with E-state index in [0.717, 1.165) is 11.6 Å². The number of hydrogen-bond acceptors (Lipinski definition) is 6. The molecule has 1 aromatic rings. The van der Waals surface area contributed by atoms with Gasteiger partial charge in [-0.25, -0.2) is 0 Å². The first-order chi connectivity index (χ1) is 12.2. The lowest BCUT2D eigenvalue weighted by atomic mass is 10.2. The van der Waals surface area contributed by atoms with Crippen molar-refractivity contribution in [2.24, 2.45) is 5.73 Å². The van der Waals surface area contributed by atoms with Crippen molar-refractivity contribution in [3.05, 3.63) is 47.9 Å². The average Bonchev–Trinajstić information content (AvgIpc) is 2.57. The average molecular weight is 396 g/mol. The number of rotatable bonds is 11. The summed E-state index contributed by atoms with van der Waals surface area (Å²) in [6.45, 7) is 2.60. The molecular formula is C16H23F3N2O4S. The number of nitrogens with two attached hydrogens (primary N) is 1. The van der Waals surface area contributed by atoms with Crippen LogP contribution < -0.4 is 11.1 Å². The molecule has 0 amide bonds. The van der Waals surface area contributed by atoms with Crippen molar-refractivity contribution >= 4 is 10.1 Å². The summed E-state index contributed by atoms with van der Waals surface area (Å²) >= 11 is 0. The van der Waals surface area contributed by atoms with Gasteiger partial charge in [0.2, 0.25) is 5.88 Å². The minimum absolute atomic E-state index is 0.157. The van der Waals surface area contributed by atoms with Gasteiger partial charge in [0.15, 0.2) is 0 Å². The third-order valence-electron chi connectivity index (χ3n) is 3.20. The number of benzene rings is 1. The van der Waals surface area contributed by atoms with Crippen molar-refractivity contribution < 1.29 is 30.5 Å². The minimum Gasteiger partial charge on any atom is -0.377 e. The Morgan fingerprint density at radius 1 is 1.31 bits per heavy atom. The Hall–Kier alpha value is -1.78. The van der Waals surface area contributed by atoms with Crippen LogP contribution in [-0.4, -0.2) is 33.1 Å². The van der Waals surface area contributed by atoms with Crippen molar-refractivity contribution in [1.29, 1.82) is 0 Å². The second-order valence-corrected chi connectivity index (χ2v) is 6.94. The maximum atomic E-state index is 12.4. The van der Waals surface area contributed by atoms with Crippen molar-refractivity contribution in [3.8, 4) is 0 Å². The van der Waals surface area contributed by atoms with Crippen LogP contribution in [0.2, 0.25) is 0 Å². The van der Waals surface area contributed by atoms with E-state index in [0.29, 0.717) is 26.1 Å². The zero-order chi connectivity index (χ0) is 19.6. The van der Waals surface area contributed by atoms with Crippen molar-refractivity contribution in [1.82, 2.24) is 5.32 Å². The van der Waals surface area contributed by atoms with Gasteiger partial charge in [0.05, 0.1) is 6.61 Å². The maximum absolute atomic E-state index is 12.4. The molecule has 0 aliphatic rings. The highest BCUT2D eigenvalue weighted by Crippen LogP contribution is 2.26. The first-order valence-electron chi connectivity index (χ1n) is 7.99. The van der Waals surface area contributed by atoms with Crippen molar-refractivity contribution in [3.63, 3.8) is 0 Å². The summed E-state index contributed by atoms with van der Waals surface area (Å²) in [6, 6.07) is 8.81. The fourth-order valence-electron chi connectivity index (χ4n) is 1.74. The molecule has 0 spiro atoms. The summed E-state index contributed by atoms with van der Waals surface area (Å²) in [4.78, 5) is 0. The van der Waals surface area contributed by atoms with Crippen LogP contribution in [-0.2, 0) is 25.6 Å². The number of nitrogens with one attached hydrogen (secondary N) is 1. The predicted molar refractivity (Wildman–Crippen MR) is 91.1 cm³/mol. The number of hydrogen-bond donors (Lipinski definition) is 2. The monoisotopic (exact) mass is 396 g/mol. The quantitative estimate of drug-likeness (QED) is 0.259. The SMILES string of the molecule is CCC(N)/C=C(\NCCCOCc1ccccc1)OS(=O)(=O)C(F)(F)F. The summed E-state index contributed by atoms with van der Waals surface area (Å²) < 4.78 is 69.2. The standard InChI is InChI=1S/C16H23F3N2O4S/c1-2-14(20)11-15(25-26(22,23)16(17,18)19)21-9-6-10-24-12-13-7-4-3-5-8-13/h3-5,7-8,11,14,21H,2,6,9-10,12,20H2,1H3/b15-11+. The molecule has 3 N–H and O–H groups in total. The molecule has 0 radical (unpaired) electrons. The molecule has 1 aromatic carbocycles. The van der Waals surface area contributed by atoms with Crippen LogP contribution in [0.1, 0.15) is 25.3 Å². The van der Waals surface area contributed by atoms with Crippen LogP contribution in [0.5, 0.6) is 0 Å². The van der Waals surface area contributed by atoms with E-state index >= 15 is 0 Å². The van der Waals surface area contributed by atoms with E-state index in [4.69, 9.17) is 10.5 Å². The Bertz CT molecular complexity index is 664. The van der Waals surface area contributed by atoms with Gasteiger partial charge < -0.3 is 20.0 Å². The lowest BCUT2D eigenvalue weighted by molar-refractivity contribution is -0.0525. The van der Waals surface area contributed by atoms with Gasteiger partial charge in [0.25, 0.3) is 0 Å². The molecule has 148 valence electrons. The third kappa shape index (κ3) is 8.07. The second kappa shape index (κ2) is 10.4. The van der Waals surface area contributed by atoms with Gasteiger partial charge in [0.1, 0.15) is 0 Å². The van der Waals surface area contributed by atoms with Crippen LogP contribution in [0.3, 0.4) is 0 Å². The van der Waals surface area contributed by atoms with E-state index in [1.807, 2.05) is 30.3 Å². The summed E-state index contributed by atoms with van der Waals surface area (Å²) in [5.74, 6) is -0.542. The van der Waals surface area contributed by atoms with Gasteiger partial charge in [-0.05, 0) is 24.5 Å². The van der Waals surface area contributed by atoms with Crippen LogP contribution in [0.25, 0.3) is 0 Å². The Morgan fingerprint density at radius 2 is 1.96 bits per heavy atom. The summed E-state index contributed by atoms with van der Waals surface area (Å²) in [6.07, 6.45) is 1.94. The molecule has 0 heterocycles. The largest absolute Gasteiger partial charge is 0.534 e. The Kier molecular flexibility index (Phi) is 8.89. The van der Waals surface area contributed by atoms with E-state index in [9.17, 15) is 21.6 Å². The summed E-state index contributed by atoms with van der Waals surface area (Å²) in [7, 11) is -5.75. The molecule has 6 nitrogen and oxygen atoms in total. The van der Waals surface area contributed by atoms with Crippen LogP contribution in [0.15, 0.2) is 42.3 Å². The molecule has 26 heavy (non-hydrogen) atoms. The van der Waals surface area contributed by atoms with Gasteiger partial charge in [-0.3, -0.25) is 0 Å². The molecule has 0 bridgehead atoms. The third-order valence-corrected chi connectivity index (χ3v) is 4.16. The fraction of sp³-hybridized carbons (Fsp3) is 0.500. The smallest absolute Gasteiger partial charge is 0.377 e. The molecular weight excluding hydrogens is 373 g/mol. The Morgan fingerprint density at radius 3 is 2.54 bits per heavy atom. The topological polar surface area (TPSA) is 90.7 Å². The molecule has 0 fully saturated rings. The van der Waals surface area contributed by atoms with Gasteiger partial charge in [0, 0.05) is 19.2 Å². The normalized spacial score (nSPS) is 14.1. The maximum Gasteiger partial charge on any atom is 0.534 e. The zero-order valence-electron chi connectivity index (χ0n) is 14.3. The molecule has 0 aromatic heterocycles. The number of ether oxygens (including phenoxy) is 1. The van der Waals surface area contributed by atoms with E-state index < -0.39 is 27.6 Å². The Labute approximate surface area is 151 Å². The lowest BCUT2D eigenvalue weighted by Gasteiger charge is -2.15. The molecule has 0 aliphatic carbocycles. The second-order valence-electron chi connectivity index (χ2n) is 5.40. The zero-order valence-corrected chi connectivity index (χ0v) is 15.1. The van der Waals surface area contributed by atoms with Gasteiger partial charge in [-0.15, -0.1) is 0 Å². The molecule has 0 saturated heterocycles. The molecule has 0 saturated carbocycles. The van der Waals surface area contributed by atoms with Gasteiger partial charge >= 0.3 is 15.6 Å². The van der Waals surface area contributed by atoms with Crippen LogP contribution >= 0.6 is 0 Å². The van der Waals surface area contributed by atoms with Gasteiger partial charge in [-0.1, -0.05) is 37.3 Å². The van der Waals surface area contributed by atoms with Crippen LogP contribution in [0, 0.1) is 0 Å². The first kappa shape index (κ1) is 22.3. The van der Waals surface area contributed by atoms with Crippen LogP contribution in [0.4, 0.5) is 13.2 Å².